The molecule has 108 valence electrons. The molecule has 0 aliphatic carbocycles. The van der Waals surface area contributed by atoms with Crippen LogP contribution in [0, 0.1) is 11.6 Å². The van der Waals surface area contributed by atoms with Crippen molar-refractivity contribution in [2.75, 3.05) is 18.5 Å². The molecular formula is C15H11F2NO3. The van der Waals surface area contributed by atoms with Crippen molar-refractivity contribution in [3.63, 3.8) is 0 Å². The standard InChI is InChI=1S/C15H11F2NO3/c16-10-4-2-5-11(17)13(10)18-15(19)9-3-1-6-12-14(9)21-8-7-20-12/h1-6H,7-8H2,(H,18,19). The second kappa shape index (κ2) is 5.40. The number of hydrogen-bond acceptors (Lipinski definition) is 3. The fraction of sp³-hybridized carbons (Fsp3) is 0.133. The number of rotatable bonds is 2. The van der Waals surface area contributed by atoms with Crippen LogP contribution in [0.25, 0.3) is 0 Å². The number of para-hydroxylation sites is 2. The van der Waals surface area contributed by atoms with Gasteiger partial charge in [-0.3, -0.25) is 4.79 Å². The summed E-state index contributed by atoms with van der Waals surface area (Å²) in [4.78, 5) is 12.2. The summed E-state index contributed by atoms with van der Waals surface area (Å²) in [6.45, 7) is 0.700. The molecule has 6 heteroatoms. The molecule has 1 aliphatic heterocycles. The van der Waals surface area contributed by atoms with Crippen LogP contribution < -0.4 is 14.8 Å². The Morgan fingerprint density at radius 2 is 1.67 bits per heavy atom. The van der Waals surface area contributed by atoms with E-state index >= 15 is 0 Å². The van der Waals surface area contributed by atoms with Crippen LogP contribution in [0.2, 0.25) is 0 Å². The van der Waals surface area contributed by atoms with Gasteiger partial charge in [-0.05, 0) is 24.3 Å². The summed E-state index contributed by atoms with van der Waals surface area (Å²) < 4.78 is 37.9. The number of ether oxygens (including phenoxy) is 2. The van der Waals surface area contributed by atoms with Crippen molar-refractivity contribution in [1.82, 2.24) is 0 Å². The van der Waals surface area contributed by atoms with Crippen LogP contribution in [-0.2, 0) is 0 Å². The summed E-state index contributed by atoms with van der Waals surface area (Å²) in [5.41, 5.74) is -0.327. The molecule has 1 amide bonds. The second-order valence-electron chi connectivity index (χ2n) is 4.38. The van der Waals surface area contributed by atoms with E-state index in [1.165, 1.54) is 12.1 Å². The minimum atomic E-state index is -0.842. The van der Waals surface area contributed by atoms with Crippen LogP contribution in [0.5, 0.6) is 11.5 Å². The van der Waals surface area contributed by atoms with Gasteiger partial charge in [-0.1, -0.05) is 12.1 Å². The molecule has 0 saturated heterocycles. The number of carbonyl (C=O) groups is 1. The Morgan fingerprint density at radius 1 is 1.00 bits per heavy atom. The Kier molecular flexibility index (Phi) is 3.43. The SMILES string of the molecule is O=C(Nc1c(F)cccc1F)c1cccc2c1OCCO2. The van der Waals surface area contributed by atoms with Gasteiger partial charge in [-0.15, -0.1) is 0 Å². The lowest BCUT2D eigenvalue weighted by atomic mass is 10.1. The number of benzene rings is 2. The maximum atomic E-state index is 13.6. The molecule has 0 saturated carbocycles. The van der Waals surface area contributed by atoms with E-state index in [0.29, 0.717) is 19.0 Å². The Hall–Kier alpha value is -2.63. The maximum Gasteiger partial charge on any atom is 0.259 e. The van der Waals surface area contributed by atoms with Gasteiger partial charge in [0.25, 0.3) is 5.91 Å². The number of hydrogen-bond donors (Lipinski definition) is 1. The molecule has 0 aromatic heterocycles. The zero-order chi connectivity index (χ0) is 14.8. The molecule has 2 aromatic rings. The molecule has 3 rings (SSSR count). The summed E-state index contributed by atoms with van der Waals surface area (Å²) in [6, 6.07) is 8.13. The highest BCUT2D eigenvalue weighted by atomic mass is 19.1. The minimum Gasteiger partial charge on any atom is -0.486 e. The number of halogens is 2. The quantitative estimate of drug-likeness (QED) is 0.925. The average Bonchev–Trinajstić information content (AvgIpc) is 2.50. The molecule has 1 N–H and O–H groups in total. The summed E-state index contributed by atoms with van der Waals surface area (Å²) in [5, 5.41) is 2.22. The minimum absolute atomic E-state index is 0.162. The first-order valence-electron chi connectivity index (χ1n) is 6.31. The van der Waals surface area contributed by atoms with Crippen molar-refractivity contribution in [2.45, 2.75) is 0 Å². The lowest BCUT2D eigenvalue weighted by Gasteiger charge is -2.20. The lowest BCUT2D eigenvalue weighted by molar-refractivity contribution is 0.101. The van der Waals surface area contributed by atoms with E-state index in [0.717, 1.165) is 12.1 Å². The molecule has 0 bridgehead atoms. The molecule has 0 radical (unpaired) electrons. The molecular weight excluding hydrogens is 280 g/mol. The first-order valence-corrected chi connectivity index (χ1v) is 6.31. The summed E-state index contributed by atoms with van der Waals surface area (Å²) >= 11 is 0. The Bertz CT molecular complexity index is 683. The fourth-order valence-electron chi connectivity index (χ4n) is 2.05. The molecule has 0 unspecified atom stereocenters. The van der Waals surface area contributed by atoms with Gasteiger partial charge in [0.1, 0.15) is 30.5 Å². The molecule has 0 spiro atoms. The van der Waals surface area contributed by atoms with Gasteiger partial charge in [0.05, 0.1) is 5.56 Å². The van der Waals surface area contributed by atoms with Crippen molar-refractivity contribution >= 4 is 11.6 Å². The Labute approximate surface area is 119 Å². The van der Waals surface area contributed by atoms with Crippen molar-refractivity contribution < 1.29 is 23.0 Å². The van der Waals surface area contributed by atoms with E-state index in [1.54, 1.807) is 12.1 Å². The van der Waals surface area contributed by atoms with Crippen LogP contribution in [-0.4, -0.2) is 19.1 Å². The lowest BCUT2D eigenvalue weighted by Crippen LogP contribution is -2.20. The van der Waals surface area contributed by atoms with E-state index in [9.17, 15) is 13.6 Å². The van der Waals surface area contributed by atoms with Crippen LogP contribution in [0.4, 0.5) is 14.5 Å². The number of nitrogens with one attached hydrogen (secondary N) is 1. The first kappa shape index (κ1) is 13.4. The first-order chi connectivity index (χ1) is 10.2. The number of fused-ring (bicyclic) bond motifs is 1. The topological polar surface area (TPSA) is 47.6 Å². The highest BCUT2D eigenvalue weighted by Crippen LogP contribution is 2.34. The molecule has 2 aromatic carbocycles. The average molecular weight is 291 g/mol. The molecule has 4 nitrogen and oxygen atoms in total. The van der Waals surface area contributed by atoms with Crippen molar-refractivity contribution in [3.05, 3.63) is 53.6 Å². The normalized spacial score (nSPS) is 12.9. The van der Waals surface area contributed by atoms with Crippen LogP contribution in [0.1, 0.15) is 10.4 Å². The zero-order valence-corrected chi connectivity index (χ0v) is 10.9. The van der Waals surface area contributed by atoms with Crippen LogP contribution >= 0.6 is 0 Å². The smallest absolute Gasteiger partial charge is 0.259 e. The molecule has 21 heavy (non-hydrogen) atoms. The van der Waals surface area contributed by atoms with Gasteiger partial charge in [-0.2, -0.15) is 0 Å². The molecule has 1 aliphatic rings. The van der Waals surface area contributed by atoms with E-state index in [-0.39, 0.29) is 11.3 Å². The molecule has 0 fully saturated rings. The summed E-state index contributed by atoms with van der Waals surface area (Å²) in [5.74, 6) is -1.64. The molecule has 1 heterocycles. The third-order valence-corrected chi connectivity index (χ3v) is 3.01. The zero-order valence-electron chi connectivity index (χ0n) is 10.9. The van der Waals surface area contributed by atoms with E-state index in [2.05, 4.69) is 5.32 Å². The van der Waals surface area contributed by atoms with Crippen LogP contribution in [0.15, 0.2) is 36.4 Å². The van der Waals surface area contributed by atoms with E-state index < -0.39 is 23.2 Å². The predicted molar refractivity (Wildman–Crippen MR) is 71.7 cm³/mol. The second-order valence-corrected chi connectivity index (χ2v) is 4.38. The van der Waals surface area contributed by atoms with Gasteiger partial charge in [0, 0.05) is 0 Å². The highest BCUT2D eigenvalue weighted by molar-refractivity contribution is 6.06. The van der Waals surface area contributed by atoms with E-state index in [4.69, 9.17) is 9.47 Å². The summed E-state index contributed by atoms with van der Waals surface area (Å²) in [7, 11) is 0. The van der Waals surface area contributed by atoms with Crippen molar-refractivity contribution in [1.29, 1.82) is 0 Å². The van der Waals surface area contributed by atoms with Crippen molar-refractivity contribution in [2.24, 2.45) is 0 Å². The van der Waals surface area contributed by atoms with Crippen LogP contribution in [0.3, 0.4) is 0 Å². The molecule has 0 atom stereocenters. The number of amides is 1. The number of anilines is 1. The van der Waals surface area contributed by atoms with Gasteiger partial charge in [-0.25, -0.2) is 8.78 Å². The van der Waals surface area contributed by atoms with Gasteiger partial charge < -0.3 is 14.8 Å². The van der Waals surface area contributed by atoms with Gasteiger partial charge in [0.2, 0.25) is 0 Å². The largest absolute Gasteiger partial charge is 0.486 e. The highest BCUT2D eigenvalue weighted by Gasteiger charge is 2.22. The monoisotopic (exact) mass is 291 g/mol. The third kappa shape index (κ3) is 2.52. The van der Waals surface area contributed by atoms with Gasteiger partial charge in [0.15, 0.2) is 11.5 Å². The predicted octanol–water partition coefficient (Wildman–Crippen LogP) is 2.99. The number of carbonyl (C=O) groups excluding carboxylic acids is 1. The fourth-order valence-corrected chi connectivity index (χ4v) is 2.05. The Morgan fingerprint density at radius 3 is 2.43 bits per heavy atom. The Balaban J connectivity index is 1.93. The summed E-state index contributed by atoms with van der Waals surface area (Å²) in [6.07, 6.45) is 0. The third-order valence-electron chi connectivity index (χ3n) is 3.01. The van der Waals surface area contributed by atoms with E-state index in [1.807, 2.05) is 0 Å². The van der Waals surface area contributed by atoms with Crippen molar-refractivity contribution in [3.8, 4) is 11.5 Å². The maximum absolute atomic E-state index is 13.6. The van der Waals surface area contributed by atoms with Gasteiger partial charge >= 0.3 is 0 Å².